The minimum absolute atomic E-state index is 0.0928. The zero-order valence-electron chi connectivity index (χ0n) is 15.7. The molecule has 0 aliphatic rings. The molecule has 4 N–H and O–H groups in total. The number of hydrogen-bond acceptors (Lipinski definition) is 7. The lowest BCUT2D eigenvalue weighted by Gasteiger charge is -2.15. The van der Waals surface area contributed by atoms with Crippen molar-refractivity contribution < 1.29 is 24.5 Å². The molecule has 1 heterocycles. The summed E-state index contributed by atoms with van der Waals surface area (Å²) in [6.45, 7) is 4.48. The smallest absolute Gasteiger partial charge is 0.193 e. The second kappa shape index (κ2) is 8.33. The molecule has 7 heteroatoms. The van der Waals surface area contributed by atoms with Gasteiger partial charge in [-0.25, -0.2) is 0 Å². The number of benzene rings is 2. The number of nitrogens with one attached hydrogen (secondary N) is 1. The van der Waals surface area contributed by atoms with Crippen LogP contribution in [0.25, 0.3) is 22.3 Å². The van der Waals surface area contributed by atoms with E-state index in [1.54, 1.807) is 18.2 Å². The highest BCUT2D eigenvalue weighted by Gasteiger charge is 2.11. The molecule has 3 aromatic rings. The Morgan fingerprint density at radius 3 is 2.46 bits per heavy atom. The van der Waals surface area contributed by atoms with Gasteiger partial charge in [0.25, 0.3) is 0 Å². The van der Waals surface area contributed by atoms with Crippen molar-refractivity contribution in [1.29, 1.82) is 0 Å². The Bertz CT molecular complexity index is 1010. The van der Waals surface area contributed by atoms with Crippen molar-refractivity contribution in [1.82, 2.24) is 5.32 Å². The van der Waals surface area contributed by atoms with Gasteiger partial charge in [-0.3, -0.25) is 4.79 Å². The molecule has 1 aromatic heterocycles. The van der Waals surface area contributed by atoms with Crippen molar-refractivity contribution in [3.8, 4) is 28.6 Å². The van der Waals surface area contributed by atoms with E-state index in [1.807, 2.05) is 13.8 Å². The highest BCUT2D eigenvalue weighted by molar-refractivity contribution is 5.80. The fraction of sp³-hybridized carbons (Fsp3) is 0.286. The van der Waals surface area contributed by atoms with Gasteiger partial charge in [0.15, 0.2) is 5.43 Å². The van der Waals surface area contributed by atoms with Crippen LogP contribution in [0.4, 0.5) is 0 Å². The third kappa shape index (κ3) is 4.82. The largest absolute Gasteiger partial charge is 0.508 e. The standard InChI is InChI=1S/C21H23NO6/c1-12(2)22-10-16(25)11-27-17-3-4-18-19(26)9-20(28-21(18)8-17)13-5-14(23)7-15(24)6-13/h3-9,12,16,22-25H,10-11H2,1-2H3. The molecular formula is C21H23NO6. The molecule has 0 aliphatic carbocycles. The molecule has 1 unspecified atom stereocenters. The molecule has 0 saturated heterocycles. The van der Waals surface area contributed by atoms with Crippen LogP contribution in [0.3, 0.4) is 0 Å². The van der Waals surface area contributed by atoms with Gasteiger partial charge in [0.1, 0.15) is 41.3 Å². The van der Waals surface area contributed by atoms with Crippen LogP contribution in [0.2, 0.25) is 0 Å². The lowest BCUT2D eigenvalue weighted by molar-refractivity contribution is 0.104. The zero-order chi connectivity index (χ0) is 20.3. The molecule has 0 saturated carbocycles. The van der Waals surface area contributed by atoms with Crippen LogP contribution in [0.15, 0.2) is 51.7 Å². The summed E-state index contributed by atoms with van der Waals surface area (Å²) in [5.74, 6) is 0.384. The van der Waals surface area contributed by atoms with Gasteiger partial charge in [-0.1, -0.05) is 13.8 Å². The molecule has 1 atom stereocenters. The van der Waals surface area contributed by atoms with Crippen LogP contribution < -0.4 is 15.5 Å². The molecular weight excluding hydrogens is 362 g/mol. The molecule has 28 heavy (non-hydrogen) atoms. The molecule has 0 radical (unpaired) electrons. The van der Waals surface area contributed by atoms with E-state index in [9.17, 15) is 20.1 Å². The Morgan fingerprint density at radius 1 is 1.07 bits per heavy atom. The van der Waals surface area contributed by atoms with Gasteiger partial charge in [0, 0.05) is 36.3 Å². The van der Waals surface area contributed by atoms with Gasteiger partial charge >= 0.3 is 0 Å². The summed E-state index contributed by atoms with van der Waals surface area (Å²) in [4.78, 5) is 12.4. The first-order valence-electron chi connectivity index (χ1n) is 8.97. The second-order valence-corrected chi connectivity index (χ2v) is 6.90. The first-order chi connectivity index (χ1) is 13.3. The molecule has 0 aliphatic heterocycles. The molecule has 2 aromatic carbocycles. The van der Waals surface area contributed by atoms with E-state index in [4.69, 9.17) is 9.15 Å². The number of aromatic hydroxyl groups is 2. The SMILES string of the molecule is CC(C)NCC(O)COc1ccc2c(=O)cc(-c3cc(O)cc(O)c3)oc2c1. The highest BCUT2D eigenvalue weighted by Crippen LogP contribution is 2.30. The maximum absolute atomic E-state index is 12.4. The van der Waals surface area contributed by atoms with E-state index in [0.29, 0.717) is 28.8 Å². The fourth-order valence-corrected chi connectivity index (χ4v) is 2.73. The molecule has 0 fully saturated rings. The first kappa shape index (κ1) is 19.7. The van der Waals surface area contributed by atoms with Crippen molar-refractivity contribution in [2.45, 2.75) is 26.0 Å². The van der Waals surface area contributed by atoms with E-state index in [2.05, 4.69) is 5.32 Å². The van der Waals surface area contributed by atoms with Crippen LogP contribution >= 0.6 is 0 Å². The van der Waals surface area contributed by atoms with Crippen LogP contribution in [0.5, 0.6) is 17.2 Å². The van der Waals surface area contributed by atoms with Gasteiger partial charge in [-0.2, -0.15) is 0 Å². The zero-order valence-corrected chi connectivity index (χ0v) is 15.7. The van der Waals surface area contributed by atoms with Gasteiger partial charge in [-0.05, 0) is 24.3 Å². The van der Waals surface area contributed by atoms with E-state index >= 15 is 0 Å². The molecule has 3 rings (SSSR count). The van der Waals surface area contributed by atoms with Gasteiger partial charge in [-0.15, -0.1) is 0 Å². The topological polar surface area (TPSA) is 112 Å². The van der Waals surface area contributed by atoms with Crippen molar-refractivity contribution in [2.24, 2.45) is 0 Å². The highest BCUT2D eigenvalue weighted by atomic mass is 16.5. The summed E-state index contributed by atoms with van der Waals surface area (Å²) in [7, 11) is 0. The van der Waals surface area contributed by atoms with Crippen LogP contribution in [-0.4, -0.2) is 40.6 Å². The molecule has 7 nitrogen and oxygen atoms in total. The maximum Gasteiger partial charge on any atom is 0.193 e. The minimum Gasteiger partial charge on any atom is -0.508 e. The van der Waals surface area contributed by atoms with Gasteiger partial charge < -0.3 is 29.8 Å². The van der Waals surface area contributed by atoms with E-state index < -0.39 is 6.10 Å². The third-order valence-electron chi connectivity index (χ3n) is 4.09. The van der Waals surface area contributed by atoms with Crippen LogP contribution in [0, 0.1) is 0 Å². The average Bonchev–Trinajstić information content (AvgIpc) is 2.63. The number of ether oxygens (including phenoxy) is 1. The van der Waals surface area contributed by atoms with Gasteiger partial charge in [0.2, 0.25) is 0 Å². The number of aliphatic hydroxyl groups excluding tert-OH is 1. The van der Waals surface area contributed by atoms with E-state index in [-0.39, 0.29) is 35.3 Å². The third-order valence-corrected chi connectivity index (χ3v) is 4.09. The summed E-state index contributed by atoms with van der Waals surface area (Å²) in [5.41, 5.74) is 0.419. The van der Waals surface area contributed by atoms with Crippen molar-refractivity contribution in [3.05, 3.63) is 52.7 Å². The number of aliphatic hydroxyl groups is 1. The first-order valence-corrected chi connectivity index (χ1v) is 8.97. The Hall–Kier alpha value is -3.03. The van der Waals surface area contributed by atoms with Crippen molar-refractivity contribution in [2.75, 3.05) is 13.2 Å². The van der Waals surface area contributed by atoms with Crippen LogP contribution in [-0.2, 0) is 0 Å². The van der Waals surface area contributed by atoms with Crippen LogP contribution in [0.1, 0.15) is 13.8 Å². The number of rotatable bonds is 7. The molecule has 0 bridgehead atoms. The van der Waals surface area contributed by atoms with E-state index in [0.717, 1.165) is 0 Å². The Labute approximate surface area is 161 Å². The van der Waals surface area contributed by atoms with Crippen molar-refractivity contribution in [3.63, 3.8) is 0 Å². The monoisotopic (exact) mass is 385 g/mol. The predicted octanol–water partition coefficient (Wildman–Crippen LogP) is 2.61. The van der Waals surface area contributed by atoms with Crippen molar-refractivity contribution >= 4 is 11.0 Å². The van der Waals surface area contributed by atoms with E-state index in [1.165, 1.54) is 24.3 Å². The summed E-state index contributed by atoms with van der Waals surface area (Å²) >= 11 is 0. The molecule has 148 valence electrons. The Balaban J connectivity index is 1.85. The lowest BCUT2D eigenvalue weighted by Crippen LogP contribution is -2.35. The Kier molecular flexibility index (Phi) is 5.87. The summed E-state index contributed by atoms with van der Waals surface area (Å²) in [5, 5.41) is 32.8. The number of fused-ring (bicyclic) bond motifs is 1. The summed E-state index contributed by atoms with van der Waals surface area (Å²) in [6.07, 6.45) is -0.674. The lowest BCUT2D eigenvalue weighted by atomic mass is 10.1. The average molecular weight is 385 g/mol. The Morgan fingerprint density at radius 2 is 1.79 bits per heavy atom. The number of hydrogen-bond donors (Lipinski definition) is 4. The summed E-state index contributed by atoms with van der Waals surface area (Å²) in [6, 6.07) is 10.4. The van der Waals surface area contributed by atoms with Gasteiger partial charge in [0.05, 0.1) is 5.39 Å². The predicted molar refractivity (Wildman–Crippen MR) is 106 cm³/mol. The normalized spacial score (nSPS) is 12.4. The fourth-order valence-electron chi connectivity index (χ4n) is 2.73. The minimum atomic E-state index is -0.674. The maximum atomic E-state index is 12.4. The quantitative estimate of drug-likeness (QED) is 0.494. The molecule has 0 amide bonds. The number of phenols is 2. The number of phenolic OH excluding ortho intramolecular Hbond substituents is 2. The second-order valence-electron chi connectivity index (χ2n) is 6.90. The summed E-state index contributed by atoms with van der Waals surface area (Å²) < 4.78 is 11.4. The molecule has 0 spiro atoms.